The summed E-state index contributed by atoms with van der Waals surface area (Å²) in [6.07, 6.45) is 5.80. The predicted octanol–water partition coefficient (Wildman–Crippen LogP) is 4.62. The molecule has 3 aliphatic rings. The molecule has 0 spiro atoms. The van der Waals surface area contributed by atoms with Gasteiger partial charge in [-0.05, 0) is 61.6 Å². The van der Waals surface area contributed by atoms with Crippen molar-refractivity contribution in [3.8, 4) is 0 Å². The van der Waals surface area contributed by atoms with E-state index < -0.39 is 0 Å². The molecule has 0 saturated carbocycles. The van der Waals surface area contributed by atoms with Crippen molar-refractivity contribution < 1.29 is 4.79 Å². The molecule has 2 aliphatic heterocycles. The Morgan fingerprint density at radius 2 is 1.96 bits per heavy atom. The van der Waals surface area contributed by atoms with Crippen LogP contribution in [0.15, 0.2) is 18.2 Å². The molecule has 0 radical (unpaired) electrons. The van der Waals surface area contributed by atoms with Crippen LogP contribution >= 0.6 is 11.8 Å². The van der Waals surface area contributed by atoms with Crippen LogP contribution in [0, 0.1) is 0 Å². The van der Waals surface area contributed by atoms with Gasteiger partial charge in [-0.15, -0.1) is 0 Å². The van der Waals surface area contributed by atoms with Gasteiger partial charge < -0.3 is 4.90 Å². The van der Waals surface area contributed by atoms with Crippen LogP contribution in [-0.2, 0) is 11.2 Å². The molecule has 1 aromatic rings. The molecular formula is C23H34N2OS. The Morgan fingerprint density at radius 1 is 1.19 bits per heavy atom. The number of thioether (sulfide) groups is 1. The fraction of sp³-hybridized carbons (Fsp3) is 0.696. The zero-order valence-electron chi connectivity index (χ0n) is 17.2. The maximum atomic E-state index is 13.8. The van der Waals surface area contributed by atoms with E-state index in [1.165, 1.54) is 29.5 Å². The molecule has 2 saturated heterocycles. The van der Waals surface area contributed by atoms with Crippen LogP contribution in [0.2, 0.25) is 0 Å². The minimum Gasteiger partial charge on any atom is -0.322 e. The highest BCUT2D eigenvalue weighted by atomic mass is 32.2. The number of aryl methyl sites for hydroxylation is 1. The molecular weight excluding hydrogens is 352 g/mol. The number of carbonyl (C=O) groups is 1. The first-order valence-electron chi connectivity index (χ1n) is 10.8. The highest BCUT2D eigenvalue weighted by Gasteiger charge is 2.45. The number of benzene rings is 1. The summed E-state index contributed by atoms with van der Waals surface area (Å²) in [5.41, 5.74) is 4.02. The van der Waals surface area contributed by atoms with E-state index in [1.54, 1.807) is 0 Å². The SMILES string of the molecule is CC(C)c1ccc2c(c1)CCCC2C(=O)N1CCSCC1(C)N1CCCC1. The Morgan fingerprint density at radius 3 is 2.70 bits per heavy atom. The molecule has 0 bridgehead atoms. The molecule has 1 aromatic carbocycles. The summed E-state index contributed by atoms with van der Waals surface area (Å²) < 4.78 is 0. The molecule has 1 aliphatic carbocycles. The van der Waals surface area contributed by atoms with E-state index >= 15 is 0 Å². The Kier molecular flexibility index (Phi) is 5.57. The van der Waals surface area contributed by atoms with Crippen LogP contribution in [0.25, 0.3) is 0 Å². The first-order chi connectivity index (χ1) is 13.0. The monoisotopic (exact) mass is 386 g/mol. The second kappa shape index (κ2) is 7.79. The average molecular weight is 387 g/mol. The van der Waals surface area contributed by atoms with Gasteiger partial charge in [0.1, 0.15) is 5.66 Å². The zero-order valence-corrected chi connectivity index (χ0v) is 18.0. The molecule has 0 aromatic heterocycles. The Labute approximate surface area is 168 Å². The topological polar surface area (TPSA) is 23.6 Å². The van der Waals surface area contributed by atoms with Crippen LogP contribution in [0.4, 0.5) is 0 Å². The smallest absolute Gasteiger partial charge is 0.231 e. The maximum Gasteiger partial charge on any atom is 0.231 e. The molecule has 2 fully saturated rings. The second-order valence-corrected chi connectivity index (χ2v) is 10.1. The van der Waals surface area contributed by atoms with Crippen molar-refractivity contribution in [2.45, 2.75) is 70.4 Å². The van der Waals surface area contributed by atoms with Crippen LogP contribution in [0.1, 0.15) is 75.0 Å². The van der Waals surface area contributed by atoms with Crippen molar-refractivity contribution in [2.24, 2.45) is 0 Å². The Hall–Kier alpha value is -1.00. The fourth-order valence-electron chi connectivity index (χ4n) is 5.19. The van der Waals surface area contributed by atoms with Crippen molar-refractivity contribution in [1.29, 1.82) is 0 Å². The summed E-state index contributed by atoms with van der Waals surface area (Å²) in [6.45, 7) is 9.99. The van der Waals surface area contributed by atoms with E-state index in [-0.39, 0.29) is 11.6 Å². The highest BCUT2D eigenvalue weighted by Crippen LogP contribution is 2.39. The molecule has 2 atom stereocenters. The molecule has 4 rings (SSSR count). The van der Waals surface area contributed by atoms with Gasteiger partial charge in [0.05, 0.1) is 5.92 Å². The minimum absolute atomic E-state index is 0.0555. The van der Waals surface area contributed by atoms with Gasteiger partial charge in [0.25, 0.3) is 0 Å². The van der Waals surface area contributed by atoms with E-state index in [1.807, 2.05) is 11.8 Å². The molecule has 4 heteroatoms. The van der Waals surface area contributed by atoms with Gasteiger partial charge in [-0.2, -0.15) is 11.8 Å². The zero-order chi connectivity index (χ0) is 19.0. The van der Waals surface area contributed by atoms with Crippen LogP contribution in [-0.4, -0.2) is 52.5 Å². The van der Waals surface area contributed by atoms with Gasteiger partial charge in [-0.25, -0.2) is 0 Å². The number of fused-ring (bicyclic) bond motifs is 1. The van der Waals surface area contributed by atoms with Gasteiger partial charge in [-0.1, -0.05) is 32.0 Å². The van der Waals surface area contributed by atoms with Gasteiger partial charge in [0, 0.05) is 31.1 Å². The van der Waals surface area contributed by atoms with Crippen molar-refractivity contribution in [2.75, 3.05) is 31.1 Å². The van der Waals surface area contributed by atoms with E-state index in [2.05, 4.69) is 48.8 Å². The maximum absolute atomic E-state index is 13.8. The van der Waals surface area contributed by atoms with Gasteiger partial charge in [0.2, 0.25) is 5.91 Å². The van der Waals surface area contributed by atoms with Crippen LogP contribution in [0.3, 0.4) is 0 Å². The third-order valence-electron chi connectivity index (χ3n) is 6.92. The molecule has 2 unspecified atom stereocenters. The molecule has 148 valence electrons. The Bertz CT molecular complexity index is 698. The third kappa shape index (κ3) is 3.55. The molecule has 1 amide bonds. The van der Waals surface area contributed by atoms with Crippen molar-refractivity contribution in [3.05, 3.63) is 34.9 Å². The van der Waals surface area contributed by atoms with Crippen molar-refractivity contribution >= 4 is 17.7 Å². The number of amides is 1. The van der Waals surface area contributed by atoms with Gasteiger partial charge in [0.15, 0.2) is 0 Å². The fourth-order valence-corrected chi connectivity index (χ4v) is 6.37. The molecule has 0 N–H and O–H groups in total. The van der Waals surface area contributed by atoms with E-state index in [0.717, 1.165) is 50.4 Å². The number of likely N-dealkylation sites (tertiary alicyclic amines) is 1. The van der Waals surface area contributed by atoms with Gasteiger partial charge in [-0.3, -0.25) is 9.69 Å². The largest absolute Gasteiger partial charge is 0.322 e. The van der Waals surface area contributed by atoms with Crippen molar-refractivity contribution in [3.63, 3.8) is 0 Å². The van der Waals surface area contributed by atoms with E-state index in [4.69, 9.17) is 0 Å². The lowest BCUT2D eigenvalue weighted by Gasteiger charge is -2.51. The van der Waals surface area contributed by atoms with Gasteiger partial charge >= 0.3 is 0 Å². The lowest BCUT2D eigenvalue weighted by molar-refractivity contribution is -0.145. The Balaban J connectivity index is 1.62. The number of rotatable bonds is 3. The summed E-state index contributed by atoms with van der Waals surface area (Å²) in [5, 5.41) is 0. The number of hydrogen-bond acceptors (Lipinski definition) is 3. The first kappa shape index (κ1) is 19.3. The molecule has 2 heterocycles. The average Bonchev–Trinajstić information content (AvgIpc) is 3.22. The highest BCUT2D eigenvalue weighted by molar-refractivity contribution is 7.99. The van der Waals surface area contributed by atoms with Crippen molar-refractivity contribution in [1.82, 2.24) is 9.80 Å². The summed E-state index contributed by atoms with van der Waals surface area (Å²) in [4.78, 5) is 18.6. The molecule has 27 heavy (non-hydrogen) atoms. The lowest BCUT2D eigenvalue weighted by atomic mass is 9.80. The van der Waals surface area contributed by atoms with E-state index in [0.29, 0.717) is 11.8 Å². The summed E-state index contributed by atoms with van der Waals surface area (Å²) in [7, 11) is 0. The van der Waals surface area contributed by atoms with Crippen LogP contribution < -0.4 is 0 Å². The second-order valence-electron chi connectivity index (χ2n) is 9.01. The summed E-state index contributed by atoms with van der Waals surface area (Å²) >= 11 is 2.01. The van der Waals surface area contributed by atoms with Crippen LogP contribution in [0.5, 0.6) is 0 Å². The third-order valence-corrected chi connectivity index (χ3v) is 8.14. The lowest BCUT2D eigenvalue weighted by Crippen LogP contribution is -2.64. The summed E-state index contributed by atoms with van der Waals surface area (Å²) in [6, 6.07) is 6.88. The number of nitrogens with zero attached hydrogens (tertiary/aromatic N) is 2. The minimum atomic E-state index is -0.105. The normalized spacial score (nSPS) is 29.2. The first-order valence-corrected chi connectivity index (χ1v) is 11.9. The van der Waals surface area contributed by atoms with E-state index in [9.17, 15) is 4.79 Å². The predicted molar refractivity (Wildman–Crippen MR) is 114 cm³/mol. The number of hydrogen-bond donors (Lipinski definition) is 0. The summed E-state index contributed by atoms with van der Waals surface area (Å²) in [5.74, 6) is 3.10. The number of carbonyl (C=O) groups excluding carboxylic acids is 1. The molecule has 3 nitrogen and oxygen atoms in total. The quantitative estimate of drug-likeness (QED) is 0.757. The standard InChI is InChI=1S/C23H34N2OS/c1-17(2)18-9-10-20-19(15-18)7-6-8-21(20)22(26)25-13-14-27-16-23(25,3)24-11-4-5-12-24/h9-10,15,17,21H,4-8,11-14,16H2,1-3H3.